The maximum absolute atomic E-state index is 11.7. The van der Waals surface area contributed by atoms with Crippen LogP contribution in [-0.4, -0.2) is 35.1 Å². The number of nitrogens with two attached hydrogens (primary N) is 1. The van der Waals surface area contributed by atoms with Crippen LogP contribution in [0.3, 0.4) is 0 Å². The standard InChI is InChI=1S/C13H18N4O2.2ClH/c1-19-11(8-14)7-13(18)16-9-10-2-4-17-5-3-15-12(17)6-10;;/h2-6,11H,7-9,14H2,1H3,(H,16,18);2*1H. The smallest absolute Gasteiger partial charge is 0.222 e. The Bertz CT molecular complexity index is 558. The van der Waals surface area contributed by atoms with Gasteiger partial charge in [0, 0.05) is 38.8 Å². The van der Waals surface area contributed by atoms with Crippen molar-refractivity contribution < 1.29 is 9.53 Å². The van der Waals surface area contributed by atoms with Crippen LogP contribution in [0.5, 0.6) is 0 Å². The number of ether oxygens (including phenoxy) is 1. The predicted molar refractivity (Wildman–Crippen MR) is 86.0 cm³/mol. The number of nitrogens with zero attached hydrogens (tertiary/aromatic N) is 2. The van der Waals surface area contributed by atoms with Crippen LogP contribution in [0, 0.1) is 0 Å². The number of rotatable bonds is 6. The van der Waals surface area contributed by atoms with Gasteiger partial charge in [0.25, 0.3) is 0 Å². The Morgan fingerprint density at radius 3 is 2.90 bits per heavy atom. The van der Waals surface area contributed by atoms with Crippen molar-refractivity contribution >= 4 is 36.4 Å². The highest BCUT2D eigenvalue weighted by atomic mass is 35.5. The summed E-state index contributed by atoms with van der Waals surface area (Å²) in [6.07, 6.45) is 5.58. The van der Waals surface area contributed by atoms with E-state index in [2.05, 4.69) is 10.3 Å². The third kappa shape index (κ3) is 5.51. The van der Waals surface area contributed by atoms with Crippen LogP contribution in [-0.2, 0) is 16.1 Å². The van der Waals surface area contributed by atoms with Crippen molar-refractivity contribution in [2.24, 2.45) is 5.73 Å². The molecule has 0 fully saturated rings. The number of carbonyl (C=O) groups excluding carboxylic acids is 1. The van der Waals surface area contributed by atoms with E-state index in [1.54, 1.807) is 13.3 Å². The Kier molecular flexibility index (Phi) is 8.96. The van der Waals surface area contributed by atoms with E-state index in [4.69, 9.17) is 10.5 Å². The van der Waals surface area contributed by atoms with Crippen molar-refractivity contribution in [2.45, 2.75) is 19.1 Å². The molecule has 8 heteroatoms. The van der Waals surface area contributed by atoms with E-state index in [-0.39, 0.29) is 43.2 Å². The fourth-order valence-electron chi connectivity index (χ4n) is 1.80. The van der Waals surface area contributed by atoms with E-state index >= 15 is 0 Å². The molecule has 2 aromatic rings. The Morgan fingerprint density at radius 1 is 1.48 bits per heavy atom. The molecule has 118 valence electrons. The van der Waals surface area contributed by atoms with E-state index in [1.165, 1.54) is 0 Å². The third-order valence-corrected chi connectivity index (χ3v) is 2.96. The predicted octanol–water partition coefficient (Wildman–Crippen LogP) is 1.16. The van der Waals surface area contributed by atoms with Crippen LogP contribution < -0.4 is 11.1 Å². The van der Waals surface area contributed by atoms with Gasteiger partial charge in [-0.05, 0) is 17.7 Å². The number of imidazole rings is 1. The second-order valence-electron chi connectivity index (χ2n) is 4.30. The summed E-state index contributed by atoms with van der Waals surface area (Å²) in [5.41, 5.74) is 7.35. The lowest BCUT2D eigenvalue weighted by molar-refractivity contribution is -0.123. The molecule has 2 aromatic heterocycles. The molecule has 0 spiro atoms. The van der Waals surface area contributed by atoms with Gasteiger partial charge >= 0.3 is 0 Å². The van der Waals surface area contributed by atoms with Crippen molar-refractivity contribution in [3.05, 3.63) is 36.3 Å². The summed E-state index contributed by atoms with van der Waals surface area (Å²) in [5.74, 6) is -0.0690. The molecule has 1 atom stereocenters. The molecule has 0 saturated heterocycles. The van der Waals surface area contributed by atoms with E-state index < -0.39 is 0 Å². The van der Waals surface area contributed by atoms with Crippen molar-refractivity contribution in [1.29, 1.82) is 0 Å². The second-order valence-corrected chi connectivity index (χ2v) is 4.30. The molecule has 0 aliphatic heterocycles. The van der Waals surface area contributed by atoms with Crippen molar-refractivity contribution in [3.63, 3.8) is 0 Å². The lowest BCUT2D eigenvalue weighted by atomic mass is 10.2. The highest BCUT2D eigenvalue weighted by Gasteiger charge is 2.10. The maximum Gasteiger partial charge on any atom is 0.222 e. The van der Waals surface area contributed by atoms with Crippen LogP contribution in [0.4, 0.5) is 0 Å². The molecule has 0 radical (unpaired) electrons. The molecule has 6 nitrogen and oxygen atoms in total. The van der Waals surface area contributed by atoms with Crippen LogP contribution in [0.2, 0.25) is 0 Å². The molecule has 1 unspecified atom stereocenters. The van der Waals surface area contributed by atoms with Gasteiger partial charge in [-0.3, -0.25) is 4.79 Å². The van der Waals surface area contributed by atoms with E-state index in [0.717, 1.165) is 11.2 Å². The number of carbonyl (C=O) groups is 1. The monoisotopic (exact) mass is 334 g/mol. The quantitative estimate of drug-likeness (QED) is 0.830. The molecule has 21 heavy (non-hydrogen) atoms. The van der Waals surface area contributed by atoms with Crippen LogP contribution in [0.15, 0.2) is 30.7 Å². The van der Waals surface area contributed by atoms with Gasteiger partial charge in [0.05, 0.1) is 12.5 Å². The van der Waals surface area contributed by atoms with Gasteiger partial charge in [0.1, 0.15) is 5.65 Å². The molecule has 0 aromatic carbocycles. The lowest BCUT2D eigenvalue weighted by Gasteiger charge is -2.12. The number of aromatic nitrogens is 2. The van der Waals surface area contributed by atoms with Gasteiger partial charge in [-0.15, -0.1) is 24.8 Å². The van der Waals surface area contributed by atoms with E-state index in [9.17, 15) is 4.79 Å². The molecule has 0 bridgehead atoms. The van der Waals surface area contributed by atoms with Gasteiger partial charge in [0.15, 0.2) is 0 Å². The molecule has 1 amide bonds. The molecule has 0 aliphatic rings. The van der Waals surface area contributed by atoms with Crippen LogP contribution in [0.1, 0.15) is 12.0 Å². The third-order valence-electron chi connectivity index (χ3n) is 2.96. The minimum atomic E-state index is -0.227. The highest BCUT2D eigenvalue weighted by molar-refractivity contribution is 5.85. The first-order valence-corrected chi connectivity index (χ1v) is 6.14. The minimum Gasteiger partial charge on any atom is -0.380 e. The largest absolute Gasteiger partial charge is 0.380 e. The zero-order valence-electron chi connectivity index (χ0n) is 11.7. The average Bonchev–Trinajstić information content (AvgIpc) is 2.89. The van der Waals surface area contributed by atoms with Crippen LogP contribution in [0.25, 0.3) is 5.65 Å². The molecule has 3 N–H and O–H groups in total. The van der Waals surface area contributed by atoms with E-state index in [1.807, 2.05) is 28.9 Å². The van der Waals surface area contributed by atoms with Crippen molar-refractivity contribution in [2.75, 3.05) is 13.7 Å². The molecule has 2 heterocycles. The Hall–Kier alpha value is -1.34. The topological polar surface area (TPSA) is 81.6 Å². The van der Waals surface area contributed by atoms with Crippen molar-refractivity contribution in [3.8, 4) is 0 Å². The summed E-state index contributed by atoms with van der Waals surface area (Å²) in [6, 6.07) is 3.89. The Balaban J connectivity index is 0.00000200. The first-order chi connectivity index (χ1) is 9.22. The lowest BCUT2D eigenvalue weighted by Crippen LogP contribution is -2.31. The summed E-state index contributed by atoms with van der Waals surface area (Å²) >= 11 is 0. The summed E-state index contributed by atoms with van der Waals surface area (Å²) in [4.78, 5) is 15.9. The summed E-state index contributed by atoms with van der Waals surface area (Å²) in [6.45, 7) is 0.813. The molecule has 0 aliphatic carbocycles. The fraction of sp³-hybridized carbons (Fsp3) is 0.385. The molecule has 0 saturated carbocycles. The minimum absolute atomic E-state index is 0. The van der Waals surface area contributed by atoms with Gasteiger partial charge < -0.3 is 20.2 Å². The number of methoxy groups -OCH3 is 1. The van der Waals surface area contributed by atoms with Gasteiger partial charge in [-0.1, -0.05) is 0 Å². The fourth-order valence-corrected chi connectivity index (χ4v) is 1.80. The zero-order valence-corrected chi connectivity index (χ0v) is 13.3. The molecular weight excluding hydrogens is 315 g/mol. The van der Waals surface area contributed by atoms with E-state index in [0.29, 0.717) is 13.1 Å². The number of hydrogen-bond donors (Lipinski definition) is 2. The number of fused-ring (bicyclic) bond motifs is 1. The van der Waals surface area contributed by atoms with Crippen molar-refractivity contribution in [1.82, 2.24) is 14.7 Å². The summed E-state index contributed by atoms with van der Waals surface area (Å²) in [7, 11) is 1.55. The average molecular weight is 335 g/mol. The van der Waals surface area contributed by atoms with Gasteiger partial charge in [-0.25, -0.2) is 4.98 Å². The highest BCUT2D eigenvalue weighted by Crippen LogP contribution is 2.05. The molecular formula is C13H20Cl2N4O2. The Morgan fingerprint density at radius 2 is 2.24 bits per heavy atom. The summed E-state index contributed by atoms with van der Waals surface area (Å²) in [5, 5.41) is 2.84. The van der Waals surface area contributed by atoms with Gasteiger partial charge in [0.2, 0.25) is 5.91 Å². The Labute approximate surface area is 135 Å². The number of amides is 1. The SMILES string of the molecule is COC(CN)CC(=O)NCc1ccn2ccnc2c1.Cl.Cl. The zero-order chi connectivity index (χ0) is 13.7. The first-order valence-electron chi connectivity index (χ1n) is 6.14. The number of nitrogens with one attached hydrogen (secondary N) is 1. The first kappa shape index (κ1) is 19.7. The molecule has 2 rings (SSSR count). The number of pyridine rings is 1. The maximum atomic E-state index is 11.7. The van der Waals surface area contributed by atoms with Gasteiger partial charge in [-0.2, -0.15) is 0 Å². The normalized spacial score (nSPS) is 11.3. The summed E-state index contributed by atoms with van der Waals surface area (Å²) < 4.78 is 6.99. The van der Waals surface area contributed by atoms with Crippen LogP contribution >= 0.6 is 24.8 Å². The number of hydrogen-bond acceptors (Lipinski definition) is 4. The number of halogens is 2. The second kappa shape index (κ2) is 9.57.